The number of aromatic nitrogens is 1. The summed E-state index contributed by atoms with van der Waals surface area (Å²) in [5.41, 5.74) is 1.66. The Morgan fingerprint density at radius 1 is 1.00 bits per heavy atom. The van der Waals surface area contributed by atoms with Gasteiger partial charge in [-0.1, -0.05) is 42.5 Å². The largest absolute Gasteiger partial charge is 0.444 e. The zero-order chi connectivity index (χ0) is 23.6. The van der Waals surface area contributed by atoms with Crippen molar-refractivity contribution in [3.63, 3.8) is 0 Å². The zero-order valence-corrected chi connectivity index (χ0v) is 20.6. The molecule has 0 unspecified atom stereocenters. The van der Waals surface area contributed by atoms with Crippen LogP contribution in [0.1, 0.15) is 41.9 Å². The molecular weight excluding hydrogens is 434 g/mol. The van der Waals surface area contributed by atoms with Gasteiger partial charge in [0.2, 0.25) is 5.91 Å². The van der Waals surface area contributed by atoms with Gasteiger partial charge in [0.1, 0.15) is 5.60 Å². The molecule has 0 N–H and O–H groups in total. The number of benzene rings is 2. The highest BCUT2D eigenvalue weighted by Crippen LogP contribution is 2.26. The first kappa shape index (κ1) is 23.2. The fourth-order valence-corrected chi connectivity index (χ4v) is 5.14. The molecule has 1 saturated heterocycles. The lowest BCUT2D eigenvalue weighted by Gasteiger charge is -2.35. The lowest BCUT2D eigenvalue weighted by Crippen LogP contribution is -2.51. The van der Waals surface area contributed by atoms with Crippen LogP contribution < -0.4 is 0 Å². The third-order valence-corrected chi connectivity index (χ3v) is 6.91. The maximum absolute atomic E-state index is 12.9. The van der Waals surface area contributed by atoms with Crippen LogP contribution in [0.25, 0.3) is 10.8 Å². The number of thiazole rings is 1. The molecule has 4 rings (SSSR count). The number of carbonyl (C=O) groups excluding carboxylic acids is 2. The van der Waals surface area contributed by atoms with E-state index in [0.717, 1.165) is 22.0 Å². The van der Waals surface area contributed by atoms with Gasteiger partial charge in [0.05, 0.1) is 17.1 Å². The molecule has 33 heavy (non-hydrogen) atoms. The average molecular weight is 466 g/mol. The molecule has 1 aliphatic heterocycles. The van der Waals surface area contributed by atoms with Crippen molar-refractivity contribution in [2.75, 3.05) is 26.2 Å². The molecule has 0 spiro atoms. The molecule has 0 saturated carbocycles. The summed E-state index contributed by atoms with van der Waals surface area (Å²) < 4.78 is 5.44. The Kier molecular flexibility index (Phi) is 6.70. The van der Waals surface area contributed by atoms with Crippen molar-refractivity contribution in [1.82, 2.24) is 14.8 Å². The van der Waals surface area contributed by atoms with Gasteiger partial charge in [-0.2, -0.15) is 0 Å². The summed E-state index contributed by atoms with van der Waals surface area (Å²) in [6, 6.07) is 14.7. The quantitative estimate of drug-likeness (QED) is 0.554. The number of nitrogens with zero attached hydrogens (tertiary/aromatic N) is 3. The highest BCUT2D eigenvalue weighted by molar-refractivity contribution is 7.11. The van der Waals surface area contributed by atoms with Crippen LogP contribution in [0.4, 0.5) is 4.79 Å². The first-order valence-electron chi connectivity index (χ1n) is 11.4. The Balaban J connectivity index is 1.36. The van der Waals surface area contributed by atoms with Crippen LogP contribution in [0.3, 0.4) is 0 Å². The van der Waals surface area contributed by atoms with Gasteiger partial charge in [-0.25, -0.2) is 9.78 Å². The van der Waals surface area contributed by atoms with Crippen molar-refractivity contribution in [2.45, 2.75) is 46.1 Å². The second-order valence-corrected chi connectivity index (χ2v) is 10.6. The van der Waals surface area contributed by atoms with Crippen molar-refractivity contribution >= 4 is 34.1 Å². The van der Waals surface area contributed by atoms with E-state index in [1.165, 1.54) is 16.3 Å². The normalized spacial score (nSPS) is 14.5. The Morgan fingerprint density at radius 3 is 2.39 bits per heavy atom. The predicted molar refractivity (Wildman–Crippen MR) is 132 cm³/mol. The Morgan fingerprint density at radius 2 is 1.67 bits per heavy atom. The number of amides is 2. The standard InChI is InChI=1S/C26H31N3O3S/c1-18-22(17-24(30)28-12-14-29(15-13-28)25(31)32-26(2,3)4)33-23(27-18)16-20-10-7-9-19-8-5-6-11-21(19)20/h5-11H,12-17H2,1-4H3. The number of ether oxygens (including phenoxy) is 1. The highest BCUT2D eigenvalue weighted by atomic mass is 32.1. The maximum atomic E-state index is 12.9. The van der Waals surface area contributed by atoms with E-state index in [0.29, 0.717) is 32.6 Å². The molecule has 0 bridgehead atoms. The number of rotatable bonds is 4. The fourth-order valence-electron chi connectivity index (χ4n) is 4.05. The molecule has 0 atom stereocenters. The zero-order valence-electron chi connectivity index (χ0n) is 19.8. The van der Waals surface area contributed by atoms with E-state index in [9.17, 15) is 9.59 Å². The van der Waals surface area contributed by atoms with Gasteiger partial charge in [-0.15, -0.1) is 11.3 Å². The van der Waals surface area contributed by atoms with Crippen LogP contribution in [0.2, 0.25) is 0 Å². The van der Waals surface area contributed by atoms with Crippen LogP contribution in [0.15, 0.2) is 42.5 Å². The Labute approximate surface area is 199 Å². The average Bonchev–Trinajstić information content (AvgIpc) is 3.11. The Bertz CT molecular complexity index is 1150. The second-order valence-electron chi connectivity index (χ2n) is 9.46. The summed E-state index contributed by atoms with van der Waals surface area (Å²) in [6.07, 6.45) is 0.798. The van der Waals surface area contributed by atoms with E-state index in [-0.39, 0.29) is 12.0 Å². The van der Waals surface area contributed by atoms with Crippen LogP contribution in [-0.2, 0) is 22.4 Å². The van der Waals surface area contributed by atoms with Gasteiger partial charge < -0.3 is 14.5 Å². The number of fused-ring (bicyclic) bond motifs is 1. The monoisotopic (exact) mass is 465 g/mol. The van der Waals surface area contributed by atoms with Crippen LogP contribution in [0.5, 0.6) is 0 Å². The molecule has 0 radical (unpaired) electrons. The summed E-state index contributed by atoms with van der Waals surface area (Å²) in [6.45, 7) is 9.59. The number of carbonyl (C=O) groups is 2. The summed E-state index contributed by atoms with van der Waals surface area (Å²) in [7, 11) is 0. The SMILES string of the molecule is Cc1nc(Cc2cccc3ccccc23)sc1CC(=O)N1CCN(C(=O)OC(C)(C)C)CC1. The third kappa shape index (κ3) is 5.71. The van der Waals surface area contributed by atoms with Crippen LogP contribution in [0, 0.1) is 6.92 Å². The number of hydrogen-bond acceptors (Lipinski definition) is 5. The van der Waals surface area contributed by atoms with E-state index < -0.39 is 5.60 Å². The predicted octanol–water partition coefficient (Wildman–Crippen LogP) is 4.82. The fraction of sp³-hybridized carbons (Fsp3) is 0.423. The van der Waals surface area contributed by atoms with Crippen molar-refractivity contribution in [1.29, 1.82) is 0 Å². The number of aryl methyl sites for hydroxylation is 1. The lowest BCUT2D eigenvalue weighted by molar-refractivity contribution is -0.132. The molecule has 1 fully saturated rings. The van der Waals surface area contributed by atoms with E-state index in [1.54, 1.807) is 16.2 Å². The van der Waals surface area contributed by atoms with Gasteiger partial charge in [0, 0.05) is 37.5 Å². The van der Waals surface area contributed by atoms with Crippen LogP contribution in [-0.4, -0.2) is 58.6 Å². The molecule has 2 aromatic carbocycles. The van der Waals surface area contributed by atoms with E-state index in [1.807, 2.05) is 32.6 Å². The molecule has 3 aromatic rings. The molecule has 1 aliphatic rings. The Hall–Kier alpha value is -2.93. The molecule has 6 nitrogen and oxygen atoms in total. The summed E-state index contributed by atoms with van der Waals surface area (Å²) in [5, 5.41) is 3.50. The van der Waals surface area contributed by atoms with Gasteiger partial charge in [0.15, 0.2) is 0 Å². The van der Waals surface area contributed by atoms with Crippen molar-refractivity contribution in [3.8, 4) is 0 Å². The minimum atomic E-state index is -0.516. The maximum Gasteiger partial charge on any atom is 0.410 e. The minimum Gasteiger partial charge on any atom is -0.444 e. The van der Waals surface area contributed by atoms with Crippen molar-refractivity contribution in [2.24, 2.45) is 0 Å². The van der Waals surface area contributed by atoms with E-state index in [4.69, 9.17) is 9.72 Å². The first-order chi connectivity index (χ1) is 15.7. The van der Waals surface area contributed by atoms with E-state index >= 15 is 0 Å². The van der Waals surface area contributed by atoms with Gasteiger partial charge in [0.25, 0.3) is 0 Å². The van der Waals surface area contributed by atoms with Gasteiger partial charge >= 0.3 is 6.09 Å². The van der Waals surface area contributed by atoms with Gasteiger partial charge in [-0.05, 0) is 44.0 Å². The second kappa shape index (κ2) is 9.51. The topological polar surface area (TPSA) is 62.7 Å². The van der Waals surface area contributed by atoms with Crippen molar-refractivity contribution < 1.29 is 14.3 Å². The number of piperazine rings is 1. The van der Waals surface area contributed by atoms with Crippen LogP contribution >= 0.6 is 11.3 Å². The first-order valence-corrected chi connectivity index (χ1v) is 12.2. The minimum absolute atomic E-state index is 0.0855. The molecule has 2 amide bonds. The molecule has 7 heteroatoms. The summed E-state index contributed by atoms with van der Waals surface area (Å²) in [4.78, 5) is 34.5. The molecule has 1 aromatic heterocycles. The molecular formula is C26H31N3O3S. The third-order valence-electron chi connectivity index (χ3n) is 5.75. The molecule has 0 aliphatic carbocycles. The number of hydrogen-bond donors (Lipinski definition) is 0. The van der Waals surface area contributed by atoms with E-state index in [2.05, 4.69) is 42.5 Å². The lowest BCUT2D eigenvalue weighted by atomic mass is 10.0. The van der Waals surface area contributed by atoms with Crippen molar-refractivity contribution in [3.05, 3.63) is 63.6 Å². The molecule has 2 heterocycles. The highest BCUT2D eigenvalue weighted by Gasteiger charge is 2.28. The summed E-state index contributed by atoms with van der Waals surface area (Å²) >= 11 is 1.62. The van der Waals surface area contributed by atoms with Gasteiger partial charge in [-0.3, -0.25) is 4.79 Å². The smallest absolute Gasteiger partial charge is 0.410 e. The molecule has 174 valence electrons. The summed E-state index contributed by atoms with van der Waals surface area (Å²) in [5.74, 6) is 0.0855.